The number of hydrogen-bond donors (Lipinski definition) is 0. The van der Waals surface area contributed by atoms with Gasteiger partial charge in [0.15, 0.2) is 0 Å². The van der Waals surface area contributed by atoms with Gasteiger partial charge in [0.1, 0.15) is 0 Å². The summed E-state index contributed by atoms with van der Waals surface area (Å²) >= 11 is 0. The van der Waals surface area contributed by atoms with E-state index in [1.807, 2.05) is 0 Å². The van der Waals surface area contributed by atoms with Gasteiger partial charge in [-0.15, -0.1) is 0 Å². The first-order valence-electron chi connectivity index (χ1n) is 23.8. The van der Waals surface area contributed by atoms with Crippen LogP contribution in [0.2, 0.25) is 0 Å². The summed E-state index contributed by atoms with van der Waals surface area (Å²) in [5.41, 5.74) is 15.1. The lowest BCUT2D eigenvalue weighted by atomic mass is 9.83. The summed E-state index contributed by atoms with van der Waals surface area (Å²) in [5, 5.41) is 23.1. The van der Waals surface area contributed by atoms with E-state index in [2.05, 4.69) is 227 Å². The van der Waals surface area contributed by atoms with Crippen LogP contribution in [-0.2, 0) is 0 Å². The van der Waals surface area contributed by atoms with Crippen molar-refractivity contribution in [3.05, 3.63) is 218 Å². The summed E-state index contributed by atoms with van der Waals surface area (Å²) in [6, 6.07) is 82.7. The van der Waals surface area contributed by atoms with E-state index >= 15 is 0 Å². The minimum atomic E-state index is 1.23. The molecule has 4 aromatic heterocycles. The van der Waals surface area contributed by atoms with Gasteiger partial charge in [0.05, 0.1) is 33.1 Å². The molecule has 17 rings (SSSR count). The molecule has 0 saturated heterocycles. The van der Waals surface area contributed by atoms with Crippen LogP contribution in [0, 0.1) is 0 Å². The molecule has 0 saturated carbocycles. The van der Waals surface area contributed by atoms with Crippen molar-refractivity contribution in [3.63, 3.8) is 0 Å². The van der Waals surface area contributed by atoms with E-state index in [1.165, 1.54) is 163 Å². The van der Waals surface area contributed by atoms with Crippen LogP contribution in [0.1, 0.15) is 0 Å². The average molecular weight is 857 g/mol. The fourth-order valence-electron chi connectivity index (χ4n) is 13.3. The predicted molar refractivity (Wildman–Crippen MR) is 291 cm³/mol. The highest BCUT2D eigenvalue weighted by molar-refractivity contribution is 6.32. The van der Waals surface area contributed by atoms with E-state index in [1.54, 1.807) is 0 Å². The first-order valence-corrected chi connectivity index (χ1v) is 23.8. The second-order valence-corrected chi connectivity index (χ2v) is 19.0. The number of hydrogen-bond acceptors (Lipinski definition) is 0. The fraction of sp³-hybridized carbons (Fsp3) is 0. The fourth-order valence-corrected chi connectivity index (χ4v) is 13.3. The van der Waals surface area contributed by atoms with Crippen LogP contribution < -0.4 is 0 Å². The molecular weight excluding hydrogens is 821 g/mol. The monoisotopic (exact) mass is 856 g/mol. The van der Waals surface area contributed by atoms with E-state index < -0.39 is 0 Å². The third-order valence-electron chi connectivity index (χ3n) is 15.9. The Bertz CT molecular complexity index is 4780. The Kier molecular flexibility index (Phi) is 6.47. The molecule has 2 heteroatoms. The number of aromatic nitrogens is 2. The summed E-state index contributed by atoms with van der Waals surface area (Å²) in [4.78, 5) is 0. The average Bonchev–Trinajstić information content (AvgIpc) is 4.14. The van der Waals surface area contributed by atoms with Crippen molar-refractivity contribution < 1.29 is 0 Å². The van der Waals surface area contributed by atoms with E-state index in [-0.39, 0.29) is 0 Å². The first kappa shape index (κ1) is 35.3. The molecule has 0 aliphatic carbocycles. The highest BCUT2D eigenvalue weighted by atomic mass is 14.9. The van der Waals surface area contributed by atoms with Gasteiger partial charge >= 0.3 is 0 Å². The maximum atomic E-state index is 2.55. The summed E-state index contributed by atoms with van der Waals surface area (Å²) in [7, 11) is 0. The Balaban J connectivity index is 1.07. The van der Waals surface area contributed by atoms with Crippen LogP contribution in [0.4, 0.5) is 0 Å². The Hall–Kier alpha value is -8.98. The van der Waals surface area contributed by atoms with E-state index in [9.17, 15) is 0 Å². The molecule has 0 N–H and O–H groups in total. The van der Waals surface area contributed by atoms with Crippen molar-refractivity contribution in [2.45, 2.75) is 0 Å². The molecule has 2 nitrogen and oxygen atoms in total. The summed E-state index contributed by atoms with van der Waals surface area (Å²) in [6.45, 7) is 0. The van der Waals surface area contributed by atoms with Gasteiger partial charge in [0, 0.05) is 54.2 Å². The number of para-hydroxylation sites is 6. The SMILES string of the molecule is c1cc2ccc3cccc4c(-c5c6cccc(-c7cccc8c9cccc%10c%11ccccc%11n(c78)c%109)c6cc6c(-c7cccc8c9cccc%10c%11ccccc%11n(c78)c%109)cccc56)cc(c1)c2c34. The number of fused-ring (bicyclic) bond motifs is 14. The lowest BCUT2D eigenvalue weighted by Gasteiger charge is -2.21. The smallest absolute Gasteiger partial charge is 0.0620 e. The first-order chi connectivity index (χ1) is 33.8. The molecule has 17 aromatic rings. The van der Waals surface area contributed by atoms with Crippen molar-refractivity contribution in [1.82, 2.24) is 8.80 Å². The number of benzene rings is 13. The molecule has 0 spiro atoms. The number of rotatable bonds is 3. The highest BCUT2D eigenvalue weighted by Gasteiger charge is 2.25. The highest BCUT2D eigenvalue weighted by Crippen LogP contribution is 2.51. The van der Waals surface area contributed by atoms with Gasteiger partial charge < -0.3 is 8.80 Å². The van der Waals surface area contributed by atoms with Crippen molar-refractivity contribution >= 4 is 130 Å². The summed E-state index contributed by atoms with van der Waals surface area (Å²) < 4.78 is 5.10. The standard InChI is InChI=1S/C66H36N2/c1-3-31-58-42(16-1)49-25-11-29-53-51-27-9-23-47(63(51)67(58)65(49)53)40-18-7-21-44-55(40)36-56-41(48-24-10-28-52-54-30-12-26-50-43-17-2-4-32-59(43)68(64(48)52)66(50)54)19-8-22-45(56)62(44)57-35-39-15-5-13-37-33-34-38-14-6-20-46(57)61(38)60(37)39/h1-36H. The Morgan fingerprint density at radius 1 is 0.206 bits per heavy atom. The molecule has 13 aromatic carbocycles. The van der Waals surface area contributed by atoms with Gasteiger partial charge in [-0.05, 0) is 100 Å². The normalized spacial score (nSPS) is 12.7. The molecule has 0 radical (unpaired) electrons. The van der Waals surface area contributed by atoms with Gasteiger partial charge in [0.2, 0.25) is 0 Å². The summed E-state index contributed by atoms with van der Waals surface area (Å²) in [5.74, 6) is 0. The third kappa shape index (κ3) is 4.22. The predicted octanol–water partition coefficient (Wildman–Crippen LogP) is 18.2. The molecule has 0 bridgehead atoms. The van der Waals surface area contributed by atoms with Crippen molar-refractivity contribution in [1.29, 1.82) is 0 Å². The van der Waals surface area contributed by atoms with Crippen molar-refractivity contribution in [2.75, 3.05) is 0 Å². The quantitative estimate of drug-likeness (QED) is 0.124. The Labute approximate surface area is 388 Å². The molecule has 0 atom stereocenters. The maximum absolute atomic E-state index is 2.55. The van der Waals surface area contributed by atoms with Crippen LogP contribution in [0.25, 0.3) is 163 Å². The maximum Gasteiger partial charge on any atom is 0.0620 e. The lowest BCUT2D eigenvalue weighted by molar-refractivity contribution is 1.37. The van der Waals surface area contributed by atoms with Crippen LogP contribution in [-0.4, -0.2) is 8.80 Å². The van der Waals surface area contributed by atoms with Crippen molar-refractivity contribution in [2.24, 2.45) is 0 Å². The second-order valence-electron chi connectivity index (χ2n) is 19.0. The third-order valence-corrected chi connectivity index (χ3v) is 15.9. The molecule has 4 heterocycles. The molecule has 68 heavy (non-hydrogen) atoms. The van der Waals surface area contributed by atoms with Gasteiger partial charge in [-0.1, -0.05) is 194 Å². The minimum Gasteiger partial charge on any atom is -0.307 e. The van der Waals surface area contributed by atoms with Crippen LogP contribution in [0.3, 0.4) is 0 Å². The molecule has 0 aliphatic rings. The minimum absolute atomic E-state index is 1.23. The molecule has 0 unspecified atom stereocenters. The Morgan fingerprint density at radius 3 is 1.15 bits per heavy atom. The zero-order valence-electron chi connectivity index (χ0n) is 36.7. The molecule has 310 valence electrons. The molecule has 0 amide bonds. The zero-order valence-corrected chi connectivity index (χ0v) is 36.7. The van der Waals surface area contributed by atoms with Crippen LogP contribution in [0.15, 0.2) is 218 Å². The molecule has 0 aliphatic heterocycles. The van der Waals surface area contributed by atoms with E-state index in [0.717, 1.165) is 0 Å². The van der Waals surface area contributed by atoms with Crippen LogP contribution >= 0.6 is 0 Å². The zero-order chi connectivity index (χ0) is 43.9. The van der Waals surface area contributed by atoms with Gasteiger partial charge in [0.25, 0.3) is 0 Å². The Morgan fingerprint density at radius 2 is 0.588 bits per heavy atom. The van der Waals surface area contributed by atoms with E-state index in [4.69, 9.17) is 0 Å². The summed E-state index contributed by atoms with van der Waals surface area (Å²) in [6.07, 6.45) is 0. The largest absolute Gasteiger partial charge is 0.307 e. The molecular formula is C66H36N2. The topological polar surface area (TPSA) is 8.82 Å². The second kappa shape index (κ2) is 12.5. The van der Waals surface area contributed by atoms with Gasteiger partial charge in [-0.3, -0.25) is 0 Å². The lowest BCUT2D eigenvalue weighted by Crippen LogP contribution is -1.94. The van der Waals surface area contributed by atoms with Crippen LogP contribution in [0.5, 0.6) is 0 Å². The van der Waals surface area contributed by atoms with Crippen molar-refractivity contribution in [3.8, 4) is 33.4 Å². The number of nitrogens with zero attached hydrogens (tertiary/aromatic N) is 2. The van der Waals surface area contributed by atoms with Gasteiger partial charge in [-0.2, -0.15) is 0 Å². The molecule has 0 fully saturated rings. The van der Waals surface area contributed by atoms with Gasteiger partial charge in [-0.25, -0.2) is 0 Å². The van der Waals surface area contributed by atoms with E-state index in [0.29, 0.717) is 0 Å².